The highest BCUT2D eigenvalue weighted by atomic mass is 16.7. The van der Waals surface area contributed by atoms with E-state index < -0.39 is 136 Å². The lowest BCUT2D eigenvalue weighted by Crippen LogP contribution is -2.63. The summed E-state index contributed by atoms with van der Waals surface area (Å²) in [6.07, 6.45) is -18.4. The van der Waals surface area contributed by atoms with Crippen LogP contribution in [0.2, 0.25) is 0 Å². The van der Waals surface area contributed by atoms with Crippen molar-refractivity contribution in [1.29, 1.82) is 0 Å². The van der Waals surface area contributed by atoms with Gasteiger partial charge in [-0.05, 0) is 51.4 Å². The predicted octanol–water partition coefficient (Wildman–Crippen LogP) is -3.31. The topological polar surface area (TPSA) is 321 Å². The van der Waals surface area contributed by atoms with Crippen LogP contribution in [0.15, 0.2) is 24.6 Å². The highest BCUT2D eigenvalue weighted by Crippen LogP contribution is 2.38. The van der Waals surface area contributed by atoms with Gasteiger partial charge in [0.1, 0.15) is 61.0 Å². The van der Waals surface area contributed by atoms with Gasteiger partial charge in [0.2, 0.25) is 5.91 Å². The average Bonchev–Trinajstić information content (AvgIpc) is 3.27. The number of allylic oxidation sites excluding steroid dienone is 2. The molecule has 0 radical (unpaired) electrons. The monoisotopic (exact) mass is 921 g/mol. The standard InChI is InChI=1S/C42H71N3O19/c1-20(10-12-25-23-8-4-6-14-57-39-35(55)31(51)37(27(16-46)61-39)63-41(59-25)33(53)29(23)49)43-18-45(22(3)48)19-44-21(2)11-13-26-24-9-5-7-15-58-40-36(56)32(52)38(28(17-47)62-40)64-42(60-26)34(54)30(24)50/h23-44,46-47,49-56H,1-2,4-19H2,3H3/t23?,24?,25?,26?,27?,28?,29?,30?,31?,32?,33?,34?,35?,36?,37?,38?,39-,40-,41+,42+/m1/s1. The van der Waals surface area contributed by atoms with Gasteiger partial charge in [0.25, 0.3) is 0 Å². The van der Waals surface area contributed by atoms with Crippen LogP contribution in [0.25, 0.3) is 0 Å². The fourth-order valence-electron chi connectivity index (χ4n) is 9.37. The van der Waals surface area contributed by atoms with Gasteiger partial charge in [0.15, 0.2) is 25.2 Å². The molecule has 1 amide bonds. The number of nitrogens with one attached hydrogen (secondary N) is 2. The van der Waals surface area contributed by atoms with Crippen molar-refractivity contribution in [2.24, 2.45) is 11.8 Å². The summed E-state index contributed by atoms with van der Waals surface area (Å²) in [6, 6.07) is 0. The van der Waals surface area contributed by atoms with E-state index in [1.54, 1.807) is 0 Å². The van der Waals surface area contributed by atoms with Crippen LogP contribution in [0.4, 0.5) is 0 Å². The molecule has 12 rings (SSSR count). The lowest BCUT2D eigenvalue weighted by Gasteiger charge is -2.47. The van der Waals surface area contributed by atoms with Crippen LogP contribution in [-0.2, 0) is 42.7 Å². The minimum Gasteiger partial charge on any atom is -0.394 e. The summed E-state index contributed by atoms with van der Waals surface area (Å²) in [7, 11) is 0. The third-order valence-corrected chi connectivity index (χ3v) is 13.3. The van der Waals surface area contributed by atoms with Gasteiger partial charge in [-0.1, -0.05) is 26.0 Å². The second-order valence-electron chi connectivity index (χ2n) is 17.7. The molecule has 368 valence electrons. The first-order chi connectivity index (χ1) is 30.6. The quantitative estimate of drug-likeness (QED) is 0.0759. The summed E-state index contributed by atoms with van der Waals surface area (Å²) in [4.78, 5) is 14.2. The normalized spacial score (nSPS) is 43.2. The van der Waals surface area contributed by atoms with Crippen molar-refractivity contribution in [2.45, 2.75) is 182 Å². The molecule has 16 unspecified atom stereocenters. The lowest BCUT2D eigenvalue weighted by atomic mass is 9.83. The molecule has 0 spiro atoms. The first kappa shape index (κ1) is 51.2. The number of aliphatic hydroxyl groups excluding tert-OH is 10. The van der Waals surface area contributed by atoms with Gasteiger partial charge in [0.05, 0.1) is 51.0 Å². The molecule has 20 atom stereocenters. The molecule has 12 N–H and O–H groups in total. The van der Waals surface area contributed by atoms with E-state index in [0.29, 0.717) is 75.6 Å². The highest BCUT2D eigenvalue weighted by Gasteiger charge is 2.53. The van der Waals surface area contributed by atoms with Crippen molar-refractivity contribution in [3.8, 4) is 0 Å². The first-order valence-corrected chi connectivity index (χ1v) is 22.5. The van der Waals surface area contributed by atoms with Crippen LogP contribution in [0.1, 0.15) is 71.1 Å². The molecule has 8 bridgehead atoms. The van der Waals surface area contributed by atoms with Crippen molar-refractivity contribution in [3.05, 3.63) is 24.6 Å². The van der Waals surface area contributed by atoms with Crippen molar-refractivity contribution in [2.75, 3.05) is 39.8 Å². The first-order valence-electron chi connectivity index (χ1n) is 22.5. The molecule has 12 heterocycles. The van der Waals surface area contributed by atoms with Crippen LogP contribution in [-0.4, -0.2) is 212 Å². The fraction of sp³-hybridized carbons (Fsp3) is 0.881. The summed E-state index contributed by atoms with van der Waals surface area (Å²) in [6.45, 7) is 8.99. The zero-order valence-corrected chi connectivity index (χ0v) is 36.4. The van der Waals surface area contributed by atoms with E-state index >= 15 is 0 Å². The Labute approximate surface area is 372 Å². The lowest BCUT2D eigenvalue weighted by molar-refractivity contribution is -0.356. The van der Waals surface area contributed by atoms with Gasteiger partial charge in [-0.25, -0.2) is 0 Å². The molecule has 0 aromatic carbocycles. The smallest absolute Gasteiger partial charge is 0.222 e. The molecule has 64 heavy (non-hydrogen) atoms. The Morgan fingerprint density at radius 1 is 0.531 bits per heavy atom. The van der Waals surface area contributed by atoms with Gasteiger partial charge in [-0.3, -0.25) is 4.79 Å². The van der Waals surface area contributed by atoms with Crippen molar-refractivity contribution in [1.82, 2.24) is 15.5 Å². The van der Waals surface area contributed by atoms with Crippen LogP contribution >= 0.6 is 0 Å². The number of hydrogen-bond donors (Lipinski definition) is 12. The summed E-state index contributed by atoms with van der Waals surface area (Å²) >= 11 is 0. The van der Waals surface area contributed by atoms with E-state index in [1.165, 1.54) is 11.8 Å². The summed E-state index contributed by atoms with van der Waals surface area (Å²) in [5.41, 5.74) is 1.11. The number of rotatable bonds is 14. The summed E-state index contributed by atoms with van der Waals surface area (Å²) in [5.74, 6) is -1.24. The van der Waals surface area contributed by atoms with Crippen LogP contribution < -0.4 is 10.6 Å². The molecular formula is C42H71N3O19. The minimum absolute atomic E-state index is 0.0730. The van der Waals surface area contributed by atoms with Crippen LogP contribution in [0, 0.1) is 11.8 Å². The number of hydrogen-bond acceptors (Lipinski definition) is 21. The molecule has 0 aromatic rings. The molecule has 0 aliphatic carbocycles. The molecule has 22 nitrogen and oxygen atoms in total. The Balaban J connectivity index is 1.00. The fourth-order valence-corrected chi connectivity index (χ4v) is 9.37. The Bertz CT molecular complexity index is 1400. The maximum absolute atomic E-state index is 12.7. The molecule has 12 fully saturated rings. The molecular weight excluding hydrogens is 850 g/mol. The number of carbonyl (C=O) groups excluding carboxylic acids is 1. The van der Waals surface area contributed by atoms with Gasteiger partial charge in [-0.2, -0.15) is 0 Å². The Hall–Kier alpha value is -2.17. The SMILES string of the molecule is C=C(CCC1O[C@H]2OC3C(CO)O[C@@H](OCCCCC1C(O)C2O)C(O)C3O)NCN(CNC(=C)CCC1O[C@H]2OC3C(CO)O[C@@H](OCCCCC1C(O)C2O)C(O)C3O)C(C)=O. The van der Waals surface area contributed by atoms with Crippen LogP contribution in [0.3, 0.4) is 0 Å². The third kappa shape index (κ3) is 12.3. The van der Waals surface area contributed by atoms with E-state index in [0.717, 1.165) is 0 Å². The largest absolute Gasteiger partial charge is 0.394 e. The Kier molecular flexibility index (Phi) is 19.0. The number of carbonyl (C=O) groups is 1. The number of ether oxygens (including phenoxy) is 8. The summed E-state index contributed by atoms with van der Waals surface area (Å²) in [5, 5.41) is 114. The minimum atomic E-state index is -1.55. The molecule has 12 saturated heterocycles. The predicted molar refractivity (Wildman–Crippen MR) is 218 cm³/mol. The van der Waals surface area contributed by atoms with Gasteiger partial charge in [-0.15, -0.1) is 0 Å². The highest BCUT2D eigenvalue weighted by molar-refractivity contribution is 5.73. The molecule has 0 saturated carbocycles. The second-order valence-corrected chi connectivity index (χ2v) is 17.7. The zero-order chi connectivity index (χ0) is 46.2. The van der Waals surface area contributed by atoms with Gasteiger partial charge in [0, 0.05) is 43.4 Å². The Morgan fingerprint density at radius 2 is 0.906 bits per heavy atom. The Morgan fingerprint density at radius 3 is 1.28 bits per heavy atom. The number of aliphatic hydroxyl groups is 10. The molecule has 0 aromatic heterocycles. The second kappa shape index (κ2) is 23.7. The number of amides is 1. The van der Waals surface area contributed by atoms with Gasteiger partial charge >= 0.3 is 0 Å². The van der Waals surface area contributed by atoms with E-state index in [9.17, 15) is 55.9 Å². The van der Waals surface area contributed by atoms with Crippen molar-refractivity contribution in [3.63, 3.8) is 0 Å². The average molecular weight is 922 g/mol. The molecule has 22 heteroatoms. The molecule has 12 aliphatic heterocycles. The van der Waals surface area contributed by atoms with E-state index in [2.05, 4.69) is 23.8 Å². The molecule has 12 aliphatic rings. The number of nitrogens with zero attached hydrogens (tertiary/aromatic N) is 1. The van der Waals surface area contributed by atoms with E-state index in [-0.39, 0.29) is 32.5 Å². The van der Waals surface area contributed by atoms with E-state index in [1.807, 2.05) is 0 Å². The van der Waals surface area contributed by atoms with Crippen LogP contribution in [0.5, 0.6) is 0 Å². The summed E-state index contributed by atoms with van der Waals surface area (Å²) < 4.78 is 47.0. The maximum Gasteiger partial charge on any atom is 0.222 e. The van der Waals surface area contributed by atoms with E-state index in [4.69, 9.17) is 37.9 Å². The van der Waals surface area contributed by atoms with Crippen molar-refractivity contribution < 1.29 is 93.8 Å². The van der Waals surface area contributed by atoms with Gasteiger partial charge < -0.3 is 104 Å². The van der Waals surface area contributed by atoms with Crippen molar-refractivity contribution >= 4 is 5.91 Å². The third-order valence-electron chi connectivity index (χ3n) is 13.3. The maximum atomic E-state index is 12.7. The zero-order valence-electron chi connectivity index (χ0n) is 36.4.